The zero-order valence-corrected chi connectivity index (χ0v) is 12.0. The Morgan fingerprint density at radius 3 is 3.00 bits per heavy atom. The first-order chi connectivity index (χ1) is 8.75. The summed E-state index contributed by atoms with van der Waals surface area (Å²) in [6, 6.07) is 6.46. The number of aryl methyl sites for hydroxylation is 2. The zero-order chi connectivity index (χ0) is 12.8. The lowest BCUT2D eigenvalue weighted by Gasteiger charge is -2.06. The molecule has 5 heteroatoms. The van der Waals surface area contributed by atoms with Crippen LogP contribution in [-0.4, -0.2) is 21.5 Å². The Kier molecular flexibility index (Phi) is 4.90. The first-order valence-corrected chi connectivity index (χ1v) is 6.85. The molecule has 2 aromatic rings. The van der Waals surface area contributed by atoms with Crippen molar-refractivity contribution in [1.29, 1.82) is 0 Å². The molecule has 0 bridgehead atoms. The molecular weight excluding hydrogens is 292 g/mol. The number of nitrogens with one attached hydrogen (secondary N) is 1. The molecule has 0 aliphatic carbocycles. The molecule has 1 heterocycles. The SMILES string of the molecule is Cc1ccc(CNCCCn2ccnn2)cc1Br. The van der Waals surface area contributed by atoms with Crippen molar-refractivity contribution in [2.45, 2.75) is 26.4 Å². The molecule has 0 atom stereocenters. The first kappa shape index (κ1) is 13.2. The molecule has 0 unspecified atom stereocenters. The fraction of sp³-hybridized carbons (Fsp3) is 0.385. The van der Waals surface area contributed by atoms with Gasteiger partial charge in [0.15, 0.2) is 0 Å². The Labute approximate surface area is 116 Å². The van der Waals surface area contributed by atoms with E-state index < -0.39 is 0 Å². The Morgan fingerprint density at radius 1 is 1.39 bits per heavy atom. The highest BCUT2D eigenvalue weighted by molar-refractivity contribution is 9.10. The van der Waals surface area contributed by atoms with E-state index in [0.29, 0.717) is 0 Å². The summed E-state index contributed by atoms with van der Waals surface area (Å²) >= 11 is 3.55. The Morgan fingerprint density at radius 2 is 2.28 bits per heavy atom. The third kappa shape index (κ3) is 3.92. The molecule has 0 aliphatic rings. The predicted octanol–water partition coefficient (Wildman–Crippen LogP) is 2.53. The molecule has 1 N–H and O–H groups in total. The molecule has 0 spiro atoms. The molecule has 0 saturated carbocycles. The molecule has 18 heavy (non-hydrogen) atoms. The molecule has 0 saturated heterocycles. The molecular formula is C13H17BrN4. The number of aromatic nitrogens is 3. The molecule has 0 fully saturated rings. The second-order valence-electron chi connectivity index (χ2n) is 4.28. The highest BCUT2D eigenvalue weighted by Crippen LogP contribution is 2.17. The number of benzene rings is 1. The van der Waals surface area contributed by atoms with Crippen LogP contribution in [0.1, 0.15) is 17.5 Å². The van der Waals surface area contributed by atoms with Crippen LogP contribution in [-0.2, 0) is 13.1 Å². The van der Waals surface area contributed by atoms with Gasteiger partial charge < -0.3 is 5.32 Å². The van der Waals surface area contributed by atoms with E-state index in [0.717, 1.165) is 26.1 Å². The van der Waals surface area contributed by atoms with Crippen LogP contribution < -0.4 is 5.32 Å². The largest absolute Gasteiger partial charge is 0.313 e. The van der Waals surface area contributed by atoms with Crippen LogP contribution in [0.25, 0.3) is 0 Å². The van der Waals surface area contributed by atoms with E-state index in [2.05, 4.69) is 56.7 Å². The topological polar surface area (TPSA) is 42.7 Å². The van der Waals surface area contributed by atoms with Crippen molar-refractivity contribution in [3.05, 3.63) is 46.2 Å². The van der Waals surface area contributed by atoms with Gasteiger partial charge in [-0.1, -0.05) is 33.3 Å². The molecule has 2 rings (SSSR count). The standard InChI is InChI=1S/C13H17BrN4/c1-11-3-4-12(9-13(11)14)10-15-5-2-7-18-8-6-16-17-18/h3-4,6,8-9,15H,2,5,7,10H2,1H3. The number of nitrogens with zero attached hydrogens (tertiary/aromatic N) is 3. The van der Waals surface area contributed by atoms with Gasteiger partial charge in [-0.3, -0.25) is 4.68 Å². The molecule has 1 aromatic carbocycles. The van der Waals surface area contributed by atoms with Gasteiger partial charge in [0.05, 0.1) is 6.20 Å². The summed E-state index contributed by atoms with van der Waals surface area (Å²) in [6.07, 6.45) is 4.64. The summed E-state index contributed by atoms with van der Waals surface area (Å²) in [5, 5.41) is 11.1. The molecule has 0 amide bonds. The number of hydrogen-bond acceptors (Lipinski definition) is 3. The first-order valence-electron chi connectivity index (χ1n) is 6.05. The van der Waals surface area contributed by atoms with Gasteiger partial charge in [-0.2, -0.15) is 0 Å². The average Bonchev–Trinajstić information content (AvgIpc) is 2.86. The summed E-state index contributed by atoms with van der Waals surface area (Å²) < 4.78 is 3.02. The Hall–Kier alpha value is -1.20. The fourth-order valence-electron chi connectivity index (χ4n) is 1.70. The van der Waals surface area contributed by atoms with Crippen LogP contribution in [0.4, 0.5) is 0 Å². The lowest BCUT2D eigenvalue weighted by Crippen LogP contribution is -2.16. The van der Waals surface area contributed by atoms with Gasteiger partial charge in [-0.25, -0.2) is 0 Å². The van der Waals surface area contributed by atoms with Crippen LogP contribution in [0, 0.1) is 6.92 Å². The highest BCUT2D eigenvalue weighted by Gasteiger charge is 1.97. The van der Waals surface area contributed by atoms with E-state index in [9.17, 15) is 0 Å². The summed E-state index contributed by atoms with van der Waals surface area (Å²) in [4.78, 5) is 0. The van der Waals surface area contributed by atoms with Crippen molar-refractivity contribution in [2.24, 2.45) is 0 Å². The van der Waals surface area contributed by atoms with Gasteiger partial charge >= 0.3 is 0 Å². The number of hydrogen-bond donors (Lipinski definition) is 1. The summed E-state index contributed by atoms with van der Waals surface area (Å²) in [6.45, 7) is 4.88. The highest BCUT2D eigenvalue weighted by atomic mass is 79.9. The molecule has 96 valence electrons. The van der Waals surface area contributed by atoms with Crippen LogP contribution in [0.5, 0.6) is 0 Å². The van der Waals surface area contributed by atoms with Crippen LogP contribution in [0.3, 0.4) is 0 Å². The van der Waals surface area contributed by atoms with Crippen molar-refractivity contribution in [1.82, 2.24) is 20.3 Å². The summed E-state index contributed by atoms with van der Waals surface area (Å²) in [5.74, 6) is 0. The smallest absolute Gasteiger partial charge is 0.0692 e. The monoisotopic (exact) mass is 308 g/mol. The number of halogens is 1. The maximum absolute atomic E-state index is 3.93. The number of rotatable bonds is 6. The second-order valence-corrected chi connectivity index (χ2v) is 5.13. The maximum Gasteiger partial charge on any atom is 0.0692 e. The third-order valence-corrected chi connectivity index (χ3v) is 3.63. The maximum atomic E-state index is 3.93. The summed E-state index contributed by atoms with van der Waals surface area (Å²) in [5.41, 5.74) is 2.57. The van der Waals surface area contributed by atoms with E-state index in [-0.39, 0.29) is 0 Å². The third-order valence-electron chi connectivity index (χ3n) is 2.78. The van der Waals surface area contributed by atoms with E-state index in [1.807, 2.05) is 10.9 Å². The Balaban J connectivity index is 1.67. The van der Waals surface area contributed by atoms with Gasteiger partial charge in [0.1, 0.15) is 0 Å². The summed E-state index contributed by atoms with van der Waals surface area (Å²) in [7, 11) is 0. The van der Waals surface area contributed by atoms with Crippen molar-refractivity contribution in [2.75, 3.05) is 6.54 Å². The quantitative estimate of drug-likeness (QED) is 0.834. The lowest BCUT2D eigenvalue weighted by atomic mass is 10.1. The average molecular weight is 309 g/mol. The van der Waals surface area contributed by atoms with E-state index in [1.54, 1.807) is 6.20 Å². The zero-order valence-electron chi connectivity index (χ0n) is 10.4. The van der Waals surface area contributed by atoms with Crippen molar-refractivity contribution < 1.29 is 0 Å². The second kappa shape index (κ2) is 6.66. The minimum atomic E-state index is 0.899. The lowest BCUT2D eigenvalue weighted by molar-refractivity contribution is 0.530. The van der Waals surface area contributed by atoms with E-state index in [4.69, 9.17) is 0 Å². The normalized spacial score (nSPS) is 10.8. The predicted molar refractivity (Wildman–Crippen MR) is 75.2 cm³/mol. The van der Waals surface area contributed by atoms with Gasteiger partial charge in [0.2, 0.25) is 0 Å². The van der Waals surface area contributed by atoms with Crippen molar-refractivity contribution >= 4 is 15.9 Å². The minimum absolute atomic E-state index is 0.899. The van der Waals surface area contributed by atoms with Gasteiger partial charge in [-0.15, -0.1) is 5.10 Å². The van der Waals surface area contributed by atoms with Crippen molar-refractivity contribution in [3.8, 4) is 0 Å². The van der Waals surface area contributed by atoms with Crippen LogP contribution in [0.2, 0.25) is 0 Å². The molecule has 0 radical (unpaired) electrons. The fourth-order valence-corrected chi connectivity index (χ4v) is 2.12. The van der Waals surface area contributed by atoms with Crippen LogP contribution in [0.15, 0.2) is 35.1 Å². The van der Waals surface area contributed by atoms with Gasteiger partial charge in [0, 0.05) is 23.8 Å². The van der Waals surface area contributed by atoms with Crippen molar-refractivity contribution in [3.63, 3.8) is 0 Å². The van der Waals surface area contributed by atoms with E-state index >= 15 is 0 Å². The van der Waals surface area contributed by atoms with Gasteiger partial charge in [-0.05, 0) is 37.1 Å². The minimum Gasteiger partial charge on any atom is -0.313 e. The van der Waals surface area contributed by atoms with E-state index in [1.165, 1.54) is 15.6 Å². The van der Waals surface area contributed by atoms with Crippen LogP contribution >= 0.6 is 15.9 Å². The van der Waals surface area contributed by atoms with Gasteiger partial charge in [0.25, 0.3) is 0 Å². The molecule has 1 aromatic heterocycles. The Bertz CT molecular complexity index is 482. The molecule has 0 aliphatic heterocycles. The molecule has 4 nitrogen and oxygen atoms in total.